The zero-order chi connectivity index (χ0) is 13.6. The number of nitrogens with zero attached hydrogens (tertiary/aromatic N) is 1. The number of carbonyl (C=O) groups is 1. The van der Waals surface area contributed by atoms with Gasteiger partial charge in [-0.3, -0.25) is 0 Å². The molecule has 0 aliphatic rings. The average molecular weight is 316 g/mol. The minimum Gasteiger partial charge on any atom is -0.545 e. The lowest BCUT2D eigenvalue weighted by Gasteiger charge is -2.10. The van der Waals surface area contributed by atoms with Gasteiger partial charge in [0.2, 0.25) is 0 Å². The Kier molecular flexibility index (Phi) is 2.64. The van der Waals surface area contributed by atoms with Crippen LogP contribution in [0.4, 0.5) is 5.82 Å². The van der Waals surface area contributed by atoms with Crippen LogP contribution in [0.1, 0.15) is 10.4 Å². The third-order valence-electron chi connectivity index (χ3n) is 3.08. The van der Waals surface area contributed by atoms with Crippen molar-refractivity contribution in [2.24, 2.45) is 0 Å². The van der Waals surface area contributed by atoms with E-state index in [0.717, 1.165) is 26.0 Å². The molecule has 94 valence electrons. The van der Waals surface area contributed by atoms with Gasteiger partial charge in [-0.25, -0.2) is 4.98 Å². The third kappa shape index (κ3) is 1.82. The van der Waals surface area contributed by atoms with Crippen molar-refractivity contribution in [3.05, 3.63) is 46.6 Å². The summed E-state index contributed by atoms with van der Waals surface area (Å²) in [6.07, 6.45) is 1.64. The van der Waals surface area contributed by atoms with Gasteiger partial charge in [0.1, 0.15) is 5.82 Å². The van der Waals surface area contributed by atoms with Crippen molar-refractivity contribution in [2.45, 2.75) is 0 Å². The fraction of sp³-hybridized carbons (Fsp3) is 0. The highest BCUT2D eigenvalue weighted by Gasteiger charge is 2.09. The number of halogens is 1. The van der Waals surface area contributed by atoms with Crippen molar-refractivity contribution in [1.82, 2.24) is 4.98 Å². The maximum Gasteiger partial charge on any atom is 0.131 e. The van der Waals surface area contributed by atoms with Gasteiger partial charge in [0.25, 0.3) is 0 Å². The number of nitrogen functional groups attached to an aromatic ring is 1. The van der Waals surface area contributed by atoms with Crippen LogP contribution in [0.25, 0.3) is 21.5 Å². The Morgan fingerprint density at radius 1 is 1.21 bits per heavy atom. The Bertz CT molecular complexity index is 830. The van der Waals surface area contributed by atoms with Crippen molar-refractivity contribution < 1.29 is 9.90 Å². The van der Waals surface area contributed by atoms with Crippen LogP contribution >= 0.6 is 15.9 Å². The van der Waals surface area contributed by atoms with Crippen LogP contribution in [0, 0.1) is 0 Å². The Hall–Kier alpha value is -2.14. The minimum atomic E-state index is -1.20. The topological polar surface area (TPSA) is 79.0 Å². The summed E-state index contributed by atoms with van der Waals surface area (Å²) in [4.78, 5) is 15.0. The van der Waals surface area contributed by atoms with Crippen molar-refractivity contribution in [1.29, 1.82) is 0 Å². The largest absolute Gasteiger partial charge is 0.545 e. The van der Waals surface area contributed by atoms with E-state index in [2.05, 4.69) is 20.9 Å². The summed E-state index contributed by atoms with van der Waals surface area (Å²) in [7, 11) is 0. The van der Waals surface area contributed by atoms with E-state index in [0.29, 0.717) is 5.82 Å². The molecule has 0 aliphatic heterocycles. The molecule has 0 atom stereocenters. The molecular weight excluding hydrogens is 308 g/mol. The van der Waals surface area contributed by atoms with Crippen LogP contribution in [0.5, 0.6) is 0 Å². The van der Waals surface area contributed by atoms with Crippen LogP contribution in [0.15, 0.2) is 41.0 Å². The van der Waals surface area contributed by atoms with Crippen molar-refractivity contribution in [3.63, 3.8) is 0 Å². The van der Waals surface area contributed by atoms with Crippen LogP contribution in [-0.4, -0.2) is 11.0 Å². The number of hydrogen-bond donors (Lipinski definition) is 1. The molecule has 0 aliphatic carbocycles. The highest BCUT2D eigenvalue weighted by molar-refractivity contribution is 9.10. The summed E-state index contributed by atoms with van der Waals surface area (Å²) in [6.45, 7) is 0. The number of nitrogens with two attached hydrogens (primary N) is 1. The smallest absolute Gasteiger partial charge is 0.131 e. The number of aromatic carboxylic acids is 1. The van der Waals surface area contributed by atoms with E-state index in [1.807, 2.05) is 12.1 Å². The molecule has 0 spiro atoms. The van der Waals surface area contributed by atoms with Gasteiger partial charge >= 0.3 is 0 Å². The second kappa shape index (κ2) is 4.20. The number of carboxylic acids is 1. The van der Waals surface area contributed by atoms with Gasteiger partial charge in [-0.2, -0.15) is 0 Å². The summed E-state index contributed by atoms with van der Waals surface area (Å²) in [5.74, 6) is -0.774. The highest BCUT2D eigenvalue weighted by atomic mass is 79.9. The van der Waals surface area contributed by atoms with Gasteiger partial charge in [-0.05, 0) is 39.9 Å². The monoisotopic (exact) mass is 315 g/mol. The summed E-state index contributed by atoms with van der Waals surface area (Å²) in [6, 6.07) is 8.57. The number of benzene rings is 2. The molecule has 1 aromatic heterocycles. The predicted octanol–water partition coefficient (Wildman–Crippen LogP) is 2.10. The molecule has 0 radical (unpaired) electrons. The third-order valence-corrected chi connectivity index (χ3v) is 3.73. The first-order chi connectivity index (χ1) is 9.08. The van der Waals surface area contributed by atoms with E-state index in [1.54, 1.807) is 18.3 Å². The van der Waals surface area contributed by atoms with Crippen molar-refractivity contribution in [2.75, 3.05) is 5.73 Å². The molecule has 5 heteroatoms. The van der Waals surface area contributed by atoms with E-state index >= 15 is 0 Å². The van der Waals surface area contributed by atoms with E-state index in [1.165, 1.54) is 6.07 Å². The van der Waals surface area contributed by atoms with E-state index < -0.39 is 5.97 Å². The Labute approximate surface area is 117 Å². The summed E-state index contributed by atoms with van der Waals surface area (Å²) < 4.78 is 0.809. The number of pyridine rings is 1. The van der Waals surface area contributed by atoms with E-state index in [9.17, 15) is 9.90 Å². The van der Waals surface area contributed by atoms with Crippen LogP contribution in [-0.2, 0) is 0 Å². The molecule has 1 heterocycles. The second-order valence-corrected chi connectivity index (χ2v) is 5.05. The van der Waals surface area contributed by atoms with Crippen LogP contribution < -0.4 is 10.8 Å². The summed E-state index contributed by atoms with van der Waals surface area (Å²) in [5, 5.41) is 14.3. The predicted molar refractivity (Wildman–Crippen MR) is 75.7 cm³/mol. The fourth-order valence-electron chi connectivity index (χ4n) is 2.21. The highest BCUT2D eigenvalue weighted by Crippen LogP contribution is 2.34. The normalized spacial score (nSPS) is 11.0. The maximum absolute atomic E-state index is 10.9. The Morgan fingerprint density at radius 3 is 2.74 bits per heavy atom. The van der Waals surface area contributed by atoms with Gasteiger partial charge in [-0.1, -0.05) is 28.1 Å². The molecule has 0 fully saturated rings. The molecule has 0 saturated heterocycles. The molecule has 0 bridgehead atoms. The molecule has 0 amide bonds. The fourth-order valence-corrected chi connectivity index (χ4v) is 2.78. The van der Waals surface area contributed by atoms with Gasteiger partial charge < -0.3 is 15.6 Å². The van der Waals surface area contributed by atoms with Crippen molar-refractivity contribution >= 4 is 49.3 Å². The molecule has 2 aromatic carbocycles. The molecule has 3 rings (SSSR count). The molecule has 3 aromatic rings. The Balaban J connectivity index is 2.51. The maximum atomic E-state index is 10.9. The molecule has 0 saturated carbocycles. The van der Waals surface area contributed by atoms with Crippen LogP contribution in [0.2, 0.25) is 0 Å². The molecule has 0 unspecified atom stereocenters. The quantitative estimate of drug-likeness (QED) is 0.697. The van der Waals surface area contributed by atoms with Crippen molar-refractivity contribution in [3.8, 4) is 0 Å². The lowest BCUT2D eigenvalue weighted by molar-refractivity contribution is -0.255. The molecular formula is C14H8BrN2O2-. The molecule has 2 N–H and O–H groups in total. The van der Waals surface area contributed by atoms with Gasteiger partial charge in [0.15, 0.2) is 0 Å². The zero-order valence-electron chi connectivity index (χ0n) is 9.68. The lowest BCUT2D eigenvalue weighted by Crippen LogP contribution is -2.21. The number of aromatic nitrogens is 1. The number of anilines is 1. The number of rotatable bonds is 1. The zero-order valence-corrected chi connectivity index (χ0v) is 11.3. The van der Waals surface area contributed by atoms with Gasteiger partial charge in [0, 0.05) is 16.1 Å². The van der Waals surface area contributed by atoms with Gasteiger partial charge in [0.05, 0.1) is 5.97 Å². The van der Waals surface area contributed by atoms with Crippen LogP contribution in [0.3, 0.4) is 0 Å². The number of carboxylic acid groups (broad SMARTS) is 1. The number of fused-ring (bicyclic) bond motifs is 3. The lowest BCUT2D eigenvalue weighted by atomic mass is 10.0. The SMILES string of the molecule is Nc1nccc2cc(Br)c3cc(C(=O)[O-])ccc3c12. The van der Waals surface area contributed by atoms with E-state index in [4.69, 9.17) is 5.73 Å². The summed E-state index contributed by atoms with van der Waals surface area (Å²) >= 11 is 3.45. The minimum absolute atomic E-state index is 0.134. The first kappa shape index (κ1) is 11.9. The molecule has 4 nitrogen and oxygen atoms in total. The van der Waals surface area contributed by atoms with Gasteiger partial charge in [-0.15, -0.1) is 0 Å². The second-order valence-electron chi connectivity index (χ2n) is 4.20. The summed E-state index contributed by atoms with van der Waals surface area (Å²) in [5.41, 5.74) is 6.05. The molecule has 19 heavy (non-hydrogen) atoms. The number of hydrogen-bond acceptors (Lipinski definition) is 4. The average Bonchev–Trinajstić information content (AvgIpc) is 2.38. The first-order valence-corrected chi connectivity index (χ1v) is 6.35. The number of carbonyl (C=O) groups excluding carboxylic acids is 1. The first-order valence-electron chi connectivity index (χ1n) is 5.56. The standard InChI is InChI=1S/C14H9BrN2O2/c15-11-6-7-3-4-17-13(16)12(7)9-2-1-8(14(18)19)5-10(9)11/h1-6H,(H2,16,17)(H,18,19)/p-1. The van der Waals surface area contributed by atoms with E-state index in [-0.39, 0.29) is 5.56 Å². The Morgan fingerprint density at radius 2 is 2.00 bits per heavy atom.